The number of benzene rings is 1. The summed E-state index contributed by atoms with van der Waals surface area (Å²) in [6.45, 7) is 2.46. The summed E-state index contributed by atoms with van der Waals surface area (Å²) in [6.07, 6.45) is 2.48. The lowest BCUT2D eigenvalue weighted by Crippen LogP contribution is -2.05. The molecule has 0 radical (unpaired) electrons. The average molecular weight is 235 g/mol. The van der Waals surface area contributed by atoms with Gasteiger partial charge in [0.05, 0.1) is 19.4 Å². The average Bonchev–Trinajstić information content (AvgIpc) is 3.19. The van der Waals surface area contributed by atoms with Crippen molar-refractivity contribution >= 4 is 5.71 Å². The predicted octanol–water partition coefficient (Wildman–Crippen LogP) is 2.68. The van der Waals surface area contributed by atoms with Crippen molar-refractivity contribution in [2.75, 3.05) is 13.7 Å². The Hall–Kier alpha value is -1.71. The van der Waals surface area contributed by atoms with Crippen molar-refractivity contribution in [1.82, 2.24) is 0 Å². The van der Waals surface area contributed by atoms with Gasteiger partial charge in [-0.1, -0.05) is 5.16 Å². The fourth-order valence-corrected chi connectivity index (χ4v) is 1.59. The second kappa shape index (κ2) is 5.08. The van der Waals surface area contributed by atoms with Crippen molar-refractivity contribution in [1.29, 1.82) is 0 Å². The molecule has 1 N–H and O–H groups in total. The molecule has 4 nitrogen and oxygen atoms in total. The molecule has 0 amide bonds. The normalized spacial score (nSPS) is 15.8. The Morgan fingerprint density at radius 2 is 2.24 bits per heavy atom. The lowest BCUT2D eigenvalue weighted by Gasteiger charge is -2.12. The number of rotatable bonds is 5. The summed E-state index contributed by atoms with van der Waals surface area (Å²) in [5, 5.41) is 12.0. The maximum atomic E-state index is 8.83. The Bertz CT molecular complexity index is 425. The molecule has 2 rings (SSSR count). The van der Waals surface area contributed by atoms with E-state index in [1.807, 2.05) is 18.2 Å². The van der Waals surface area contributed by atoms with E-state index in [4.69, 9.17) is 14.7 Å². The summed E-state index contributed by atoms with van der Waals surface area (Å²) in [6, 6.07) is 5.50. The molecule has 1 aromatic rings. The first-order valence-electron chi connectivity index (χ1n) is 5.74. The van der Waals surface area contributed by atoms with Gasteiger partial charge in [0.25, 0.3) is 0 Å². The summed E-state index contributed by atoms with van der Waals surface area (Å²) < 4.78 is 10.9. The zero-order valence-electron chi connectivity index (χ0n) is 10.1. The molecule has 0 heterocycles. The van der Waals surface area contributed by atoms with Crippen LogP contribution in [0.25, 0.3) is 0 Å². The number of hydrogen-bond acceptors (Lipinski definition) is 4. The second-order valence-electron chi connectivity index (χ2n) is 4.30. The van der Waals surface area contributed by atoms with Gasteiger partial charge in [0.2, 0.25) is 0 Å². The molecule has 0 bridgehead atoms. The highest BCUT2D eigenvalue weighted by molar-refractivity contribution is 6.00. The molecule has 1 saturated carbocycles. The van der Waals surface area contributed by atoms with E-state index in [0.717, 1.165) is 17.9 Å². The Kier molecular flexibility index (Phi) is 3.52. The summed E-state index contributed by atoms with van der Waals surface area (Å²) in [4.78, 5) is 0. The highest BCUT2D eigenvalue weighted by Crippen LogP contribution is 2.31. The summed E-state index contributed by atoms with van der Waals surface area (Å²) >= 11 is 0. The van der Waals surface area contributed by atoms with Crippen molar-refractivity contribution in [3.63, 3.8) is 0 Å². The zero-order chi connectivity index (χ0) is 12.3. The largest absolute Gasteiger partial charge is 0.497 e. The van der Waals surface area contributed by atoms with Gasteiger partial charge in [-0.2, -0.15) is 0 Å². The first-order chi connectivity index (χ1) is 8.24. The number of methoxy groups -OCH3 is 1. The van der Waals surface area contributed by atoms with Crippen LogP contribution >= 0.6 is 0 Å². The molecule has 0 saturated heterocycles. The highest BCUT2D eigenvalue weighted by atomic mass is 16.5. The van der Waals surface area contributed by atoms with Gasteiger partial charge in [0.15, 0.2) is 0 Å². The second-order valence-corrected chi connectivity index (χ2v) is 4.30. The first kappa shape index (κ1) is 11.8. The molecule has 0 atom stereocenters. The fourth-order valence-electron chi connectivity index (χ4n) is 1.59. The fraction of sp³-hybridized carbons (Fsp3) is 0.462. The van der Waals surface area contributed by atoms with Crippen molar-refractivity contribution in [3.8, 4) is 11.5 Å². The minimum Gasteiger partial charge on any atom is -0.497 e. The van der Waals surface area contributed by atoms with Crippen LogP contribution in [0.15, 0.2) is 23.4 Å². The summed E-state index contributed by atoms with van der Waals surface area (Å²) in [5.41, 5.74) is 1.34. The number of nitrogens with zero attached hydrogens (tertiary/aromatic N) is 1. The van der Waals surface area contributed by atoms with E-state index in [-0.39, 0.29) is 0 Å². The van der Waals surface area contributed by atoms with Crippen molar-refractivity contribution in [2.45, 2.75) is 19.8 Å². The van der Waals surface area contributed by atoms with Gasteiger partial charge in [-0.25, -0.2) is 0 Å². The number of oxime groups is 1. The summed E-state index contributed by atoms with van der Waals surface area (Å²) in [7, 11) is 1.62. The van der Waals surface area contributed by atoms with Crippen LogP contribution in [0, 0.1) is 5.92 Å². The molecular weight excluding hydrogens is 218 g/mol. The van der Waals surface area contributed by atoms with E-state index in [0.29, 0.717) is 17.4 Å². The number of ether oxygens (including phenoxy) is 2. The van der Waals surface area contributed by atoms with Gasteiger partial charge in [-0.3, -0.25) is 0 Å². The smallest absolute Gasteiger partial charge is 0.132 e. The molecule has 1 aliphatic carbocycles. The van der Waals surface area contributed by atoms with E-state index in [2.05, 4.69) is 5.16 Å². The molecule has 92 valence electrons. The SMILES string of the molecule is COc1ccc(/C(C)=N/O)c(OCC2CC2)c1. The van der Waals surface area contributed by atoms with Crippen LogP contribution < -0.4 is 9.47 Å². The highest BCUT2D eigenvalue weighted by Gasteiger charge is 2.22. The van der Waals surface area contributed by atoms with Gasteiger partial charge in [-0.15, -0.1) is 0 Å². The molecule has 4 heteroatoms. The molecule has 1 aliphatic rings. The van der Waals surface area contributed by atoms with Crippen LogP contribution in [0.2, 0.25) is 0 Å². The van der Waals surface area contributed by atoms with Gasteiger partial charge in [-0.05, 0) is 37.8 Å². The van der Waals surface area contributed by atoms with Crippen LogP contribution in [-0.2, 0) is 0 Å². The molecule has 1 aromatic carbocycles. The van der Waals surface area contributed by atoms with Crippen LogP contribution in [-0.4, -0.2) is 24.6 Å². The van der Waals surface area contributed by atoms with Gasteiger partial charge in [0, 0.05) is 11.6 Å². The van der Waals surface area contributed by atoms with Crippen molar-refractivity contribution in [3.05, 3.63) is 23.8 Å². The maximum Gasteiger partial charge on any atom is 0.132 e. The standard InChI is InChI=1S/C13H17NO3/c1-9(14-15)12-6-5-11(16-2)7-13(12)17-8-10-3-4-10/h5-7,10,15H,3-4,8H2,1-2H3/b14-9+. The van der Waals surface area contributed by atoms with Crippen LogP contribution in [0.5, 0.6) is 11.5 Å². The maximum absolute atomic E-state index is 8.83. The quantitative estimate of drug-likeness (QED) is 0.485. The molecule has 0 spiro atoms. The summed E-state index contributed by atoms with van der Waals surface area (Å²) in [5.74, 6) is 2.14. The molecule has 17 heavy (non-hydrogen) atoms. The Morgan fingerprint density at radius 1 is 1.47 bits per heavy atom. The lowest BCUT2D eigenvalue weighted by atomic mass is 10.1. The monoisotopic (exact) mass is 235 g/mol. The Labute approximate surface area is 101 Å². The third-order valence-electron chi connectivity index (χ3n) is 2.90. The zero-order valence-corrected chi connectivity index (χ0v) is 10.1. The topological polar surface area (TPSA) is 51.0 Å². The van der Waals surface area contributed by atoms with Gasteiger partial charge in [0.1, 0.15) is 11.5 Å². The first-order valence-corrected chi connectivity index (χ1v) is 5.74. The van der Waals surface area contributed by atoms with E-state index in [9.17, 15) is 0 Å². The minimum absolute atomic E-state index is 0.540. The third-order valence-corrected chi connectivity index (χ3v) is 2.90. The minimum atomic E-state index is 0.540. The Balaban J connectivity index is 2.22. The van der Waals surface area contributed by atoms with Crippen LogP contribution in [0.3, 0.4) is 0 Å². The number of hydrogen-bond donors (Lipinski definition) is 1. The Morgan fingerprint density at radius 3 is 2.82 bits per heavy atom. The van der Waals surface area contributed by atoms with Crippen molar-refractivity contribution < 1.29 is 14.7 Å². The van der Waals surface area contributed by atoms with Gasteiger partial charge >= 0.3 is 0 Å². The van der Waals surface area contributed by atoms with Crippen LogP contribution in [0.1, 0.15) is 25.3 Å². The predicted molar refractivity (Wildman–Crippen MR) is 65.2 cm³/mol. The third kappa shape index (κ3) is 2.90. The van der Waals surface area contributed by atoms with E-state index < -0.39 is 0 Å². The van der Waals surface area contributed by atoms with Gasteiger partial charge < -0.3 is 14.7 Å². The molecular formula is C13H17NO3. The van der Waals surface area contributed by atoms with E-state index in [1.165, 1.54) is 12.8 Å². The van der Waals surface area contributed by atoms with E-state index in [1.54, 1.807) is 14.0 Å². The lowest BCUT2D eigenvalue weighted by molar-refractivity contribution is 0.295. The molecule has 0 unspecified atom stereocenters. The van der Waals surface area contributed by atoms with Crippen molar-refractivity contribution in [2.24, 2.45) is 11.1 Å². The molecule has 1 fully saturated rings. The molecule has 0 aliphatic heterocycles. The molecule has 0 aromatic heterocycles. The van der Waals surface area contributed by atoms with E-state index >= 15 is 0 Å². The van der Waals surface area contributed by atoms with Crippen LogP contribution in [0.4, 0.5) is 0 Å².